The van der Waals surface area contributed by atoms with E-state index in [1.165, 1.54) is 15.4 Å². The lowest BCUT2D eigenvalue weighted by Crippen LogP contribution is -2.61. The van der Waals surface area contributed by atoms with Crippen molar-refractivity contribution in [2.24, 2.45) is 10.8 Å². The van der Waals surface area contributed by atoms with Crippen LogP contribution in [-0.4, -0.2) is 30.6 Å². The summed E-state index contributed by atoms with van der Waals surface area (Å²) < 4.78 is 18.5. The quantitative estimate of drug-likeness (QED) is 0.509. The average Bonchev–Trinajstić information content (AvgIpc) is 3.19. The van der Waals surface area contributed by atoms with E-state index >= 15 is 0 Å². The average molecular weight is 530 g/mol. The fourth-order valence-corrected chi connectivity index (χ4v) is 7.10. The zero-order valence-corrected chi connectivity index (χ0v) is 22.1. The van der Waals surface area contributed by atoms with Crippen molar-refractivity contribution in [3.8, 4) is 11.4 Å². The molecule has 2 heterocycles. The highest BCUT2D eigenvalue weighted by Gasteiger charge is 2.67. The van der Waals surface area contributed by atoms with Crippen LogP contribution in [0.2, 0.25) is 0 Å². The van der Waals surface area contributed by atoms with Crippen molar-refractivity contribution in [2.45, 2.75) is 52.6 Å². The zero-order valence-electron chi connectivity index (χ0n) is 22.1. The van der Waals surface area contributed by atoms with Crippen LogP contribution in [0.15, 0.2) is 80.9 Å². The van der Waals surface area contributed by atoms with Crippen LogP contribution >= 0.6 is 0 Å². The Labute approximate surface area is 223 Å². The smallest absolute Gasteiger partial charge is 0.352 e. The number of phenols is 1. The maximum atomic E-state index is 14.7. The van der Waals surface area contributed by atoms with Gasteiger partial charge in [0.2, 0.25) is 0 Å². The fourth-order valence-electron chi connectivity index (χ4n) is 7.10. The lowest BCUT2D eigenvalue weighted by atomic mass is 9.43. The molecule has 6 rings (SSSR count). The van der Waals surface area contributed by atoms with Crippen molar-refractivity contribution in [3.05, 3.63) is 104 Å². The van der Waals surface area contributed by atoms with Gasteiger partial charge in [0.15, 0.2) is 23.1 Å². The number of aromatic nitrogens is 3. The Balaban J connectivity index is 1.67. The largest absolute Gasteiger partial charge is 0.505 e. The molecule has 0 bridgehead atoms. The Kier molecular flexibility index (Phi) is 5.21. The first-order valence-electron chi connectivity index (χ1n) is 12.9. The molecule has 0 radical (unpaired) electrons. The van der Waals surface area contributed by atoms with Crippen molar-refractivity contribution in [1.82, 2.24) is 13.9 Å². The third kappa shape index (κ3) is 2.98. The minimum Gasteiger partial charge on any atom is -0.505 e. The van der Waals surface area contributed by atoms with E-state index in [-0.39, 0.29) is 30.1 Å². The van der Waals surface area contributed by atoms with E-state index in [0.29, 0.717) is 22.4 Å². The Hall–Kier alpha value is -4.27. The molecule has 3 aromatic rings. The second-order valence-corrected chi connectivity index (χ2v) is 11.1. The van der Waals surface area contributed by atoms with Crippen LogP contribution in [-0.2, 0) is 16.1 Å². The first-order valence-corrected chi connectivity index (χ1v) is 12.9. The van der Waals surface area contributed by atoms with Gasteiger partial charge in [-0.2, -0.15) is 0 Å². The van der Waals surface area contributed by atoms with Crippen LogP contribution < -0.4 is 11.4 Å². The number of rotatable bonds is 2. The van der Waals surface area contributed by atoms with Crippen LogP contribution in [0, 0.1) is 16.6 Å². The molecule has 1 aromatic heterocycles. The SMILES string of the molecule is CC1=C(C)C(=O)[C@@]2(C)[C@@H](c3cccc(F)c3O)C3=CCn4c(=O)n(-c5ccccc5)c(=O)n4[C@@H]3C[C@@]2(C)C1=O. The summed E-state index contributed by atoms with van der Waals surface area (Å²) in [6.45, 7) is 6.69. The molecular weight excluding hydrogens is 501 g/mol. The van der Waals surface area contributed by atoms with Gasteiger partial charge in [-0.25, -0.2) is 27.9 Å². The molecular formula is C30H28FN3O5. The van der Waals surface area contributed by atoms with Gasteiger partial charge in [-0.15, -0.1) is 0 Å². The van der Waals surface area contributed by atoms with Gasteiger partial charge in [0.1, 0.15) is 0 Å². The maximum Gasteiger partial charge on any atom is 0.352 e. The highest BCUT2D eigenvalue weighted by Crippen LogP contribution is 2.66. The van der Waals surface area contributed by atoms with Gasteiger partial charge in [-0.1, -0.05) is 50.3 Å². The Morgan fingerprint density at radius 3 is 2.26 bits per heavy atom. The minimum atomic E-state index is -1.38. The number of ketones is 2. The van der Waals surface area contributed by atoms with Gasteiger partial charge >= 0.3 is 11.4 Å². The fraction of sp³-hybridized carbons (Fsp3) is 0.333. The summed E-state index contributed by atoms with van der Waals surface area (Å²) in [5.74, 6) is -2.87. The number of hydrogen-bond acceptors (Lipinski definition) is 5. The molecule has 2 aromatic carbocycles. The molecule has 1 fully saturated rings. The second kappa shape index (κ2) is 8.11. The second-order valence-electron chi connectivity index (χ2n) is 11.1. The van der Waals surface area contributed by atoms with Crippen LogP contribution in [0.4, 0.5) is 4.39 Å². The summed E-state index contributed by atoms with van der Waals surface area (Å²) in [6, 6.07) is 11.9. The molecule has 0 amide bonds. The topological polar surface area (TPSA) is 103 Å². The van der Waals surface area contributed by atoms with Crippen molar-refractivity contribution in [1.29, 1.82) is 0 Å². The van der Waals surface area contributed by atoms with Gasteiger partial charge < -0.3 is 5.11 Å². The number of allylic oxidation sites excluding steroid dienone is 4. The molecule has 1 aliphatic heterocycles. The summed E-state index contributed by atoms with van der Waals surface area (Å²) in [7, 11) is 0. The molecule has 8 nitrogen and oxygen atoms in total. The summed E-state index contributed by atoms with van der Waals surface area (Å²) in [6.07, 6.45) is 1.86. The molecule has 0 spiro atoms. The summed E-state index contributed by atoms with van der Waals surface area (Å²) >= 11 is 0. The minimum absolute atomic E-state index is 0.0368. The number of phenolic OH excluding ortho intramolecular Hbond substituents is 1. The van der Waals surface area contributed by atoms with Crippen molar-refractivity contribution in [2.75, 3.05) is 0 Å². The van der Waals surface area contributed by atoms with Crippen LogP contribution in [0.3, 0.4) is 0 Å². The molecule has 200 valence electrons. The van der Waals surface area contributed by atoms with Crippen LogP contribution in [0.1, 0.15) is 51.6 Å². The number of hydrogen-bond donors (Lipinski definition) is 1. The molecule has 0 unspecified atom stereocenters. The van der Waals surface area contributed by atoms with Gasteiger partial charge in [-0.05, 0) is 55.2 Å². The molecule has 4 atom stereocenters. The van der Waals surface area contributed by atoms with Gasteiger partial charge in [-0.3, -0.25) is 9.59 Å². The number of para-hydroxylation sites is 2. The number of carbonyl (C=O) groups is 2. The molecule has 39 heavy (non-hydrogen) atoms. The van der Waals surface area contributed by atoms with Crippen molar-refractivity contribution in [3.63, 3.8) is 0 Å². The van der Waals surface area contributed by atoms with Gasteiger partial charge in [0.25, 0.3) is 0 Å². The molecule has 0 saturated heterocycles. The molecule has 2 aliphatic carbocycles. The molecule has 1 saturated carbocycles. The first-order chi connectivity index (χ1) is 18.4. The van der Waals surface area contributed by atoms with E-state index in [0.717, 1.165) is 10.6 Å². The number of benzene rings is 2. The van der Waals surface area contributed by atoms with Crippen LogP contribution in [0.25, 0.3) is 5.69 Å². The zero-order chi connectivity index (χ0) is 28.0. The summed E-state index contributed by atoms with van der Waals surface area (Å²) in [5, 5.41) is 10.9. The third-order valence-corrected chi connectivity index (χ3v) is 9.46. The lowest BCUT2D eigenvalue weighted by Gasteiger charge is -2.58. The van der Waals surface area contributed by atoms with E-state index in [1.54, 1.807) is 70.2 Å². The predicted molar refractivity (Wildman–Crippen MR) is 141 cm³/mol. The number of carbonyl (C=O) groups excluding carboxylic acids is 2. The normalized spacial score (nSPS) is 28.1. The Morgan fingerprint density at radius 1 is 0.897 bits per heavy atom. The number of halogens is 1. The monoisotopic (exact) mass is 529 g/mol. The number of nitrogens with zero attached hydrogens (tertiary/aromatic N) is 3. The number of aromatic hydroxyl groups is 1. The molecule has 1 N–H and O–H groups in total. The van der Waals surface area contributed by atoms with Gasteiger partial charge in [0.05, 0.1) is 23.7 Å². The third-order valence-electron chi connectivity index (χ3n) is 9.46. The van der Waals surface area contributed by atoms with E-state index in [2.05, 4.69) is 0 Å². The number of fused-ring (bicyclic) bond motifs is 4. The van der Waals surface area contributed by atoms with Crippen LogP contribution in [0.5, 0.6) is 5.75 Å². The molecule has 9 heteroatoms. The lowest BCUT2D eigenvalue weighted by molar-refractivity contribution is -0.151. The Morgan fingerprint density at radius 2 is 1.56 bits per heavy atom. The van der Waals surface area contributed by atoms with E-state index in [9.17, 15) is 28.7 Å². The molecule has 3 aliphatic rings. The summed E-state index contributed by atoms with van der Waals surface area (Å²) in [5.41, 5.74) is -1.94. The predicted octanol–water partition coefficient (Wildman–Crippen LogP) is 3.81. The first kappa shape index (κ1) is 25.0. The summed E-state index contributed by atoms with van der Waals surface area (Å²) in [4.78, 5) is 55.4. The highest BCUT2D eigenvalue weighted by molar-refractivity contribution is 6.17. The standard InChI is InChI=1S/C30H28FN3O5/c1-16-17(2)26(37)30(4)23(20-11-8-12-21(31)24(20)35)19-13-14-32-27(38)33(18-9-6-5-7-10-18)28(39)34(32)22(19)15-29(30,3)25(16)36/h5-13,22-23,35H,14-15H2,1-4H3/t22-,23-,29+,30-/m1/s1. The highest BCUT2D eigenvalue weighted by atomic mass is 19.1. The van der Waals surface area contributed by atoms with Crippen molar-refractivity contribution >= 4 is 11.6 Å². The van der Waals surface area contributed by atoms with Crippen molar-refractivity contribution < 1.29 is 19.1 Å². The van der Waals surface area contributed by atoms with E-state index in [4.69, 9.17) is 0 Å². The van der Waals surface area contributed by atoms with E-state index < -0.39 is 45.7 Å². The van der Waals surface area contributed by atoms with Gasteiger partial charge in [0, 0.05) is 16.9 Å². The number of Topliss-reactive ketones (excluding diaryl/α,β-unsaturated/α-hetero) is 2. The van der Waals surface area contributed by atoms with E-state index in [1.807, 2.05) is 0 Å². The Bertz CT molecular complexity index is 1780. The maximum absolute atomic E-state index is 14.7.